The van der Waals surface area contributed by atoms with Gasteiger partial charge in [-0.3, -0.25) is 4.79 Å². The topological polar surface area (TPSA) is 50.2 Å². The summed E-state index contributed by atoms with van der Waals surface area (Å²) in [5.74, 6) is 1.43. The Kier molecular flexibility index (Phi) is 6.89. The zero-order chi connectivity index (χ0) is 23.5. The van der Waals surface area contributed by atoms with Crippen molar-refractivity contribution in [1.82, 2.24) is 14.9 Å². The third-order valence-electron chi connectivity index (χ3n) is 7.82. The molecule has 5 heteroatoms. The summed E-state index contributed by atoms with van der Waals surface area (Å²) in [7, 11) is 0. The Morgan fingerprint density at radius 1 is 0.971 bits per heavy atom. The molecule has 2 aliphatic rings. The number of fused-ring (bicyclic) bond motifs is 1. The number of hydrogen-bond acceptors (Lipinski definition) is 3. The molecule has 34 heavy (non-hydrogen) atoms. The first kappa shape index (κ1) is 22.9. The SMILES string of the molecule is Cc1ccc(C)c(Cn2c(N3CCC(C(=O)NC4CCCCCC4)CC3)nc3ccccc32)c1. The van der Waals surface area contributed by atoms with E-state index in [0.717, 1.165) is 56.8 Å². The van der Waals surface area contributed by atoms with Gasteiger partial charge in [0.05, 0.1) is 17.6 Å². The fourth-order valence-corrected chi connectivity index (χ4v) is 5.69. The number of anilines is 1. The number of imidazole rings is 1. The smallest absolute Gasteiger partial charge is 0.223 e. The number of rotatable bonds is 5. The van der Waals surface area contributed by atoms with Crippen molar-refractivity contribution >= 4 is 22.9 Å². The van der Waals surface area contributed by atoms with Crippen LogP contribution < -0.4 is 10.2 Å². The van der Waals surface area contributed by atoms with Crippen LogP contribution in [0.5, 0.6) is 0 Å². The molecule has 0 atom stereocenters. The molecule has 1 aliphatic carbocycles. The summed E-state index contributed by atoms with van der Waals surface area (Å²) < 4.78 is 2.36. The Labute approximate surface area is 203 Å². The van der Waals surface area contributed by atoms with E-state index in [2.05, 4.69) is 71.1 Å². The lowest BCUT2D eigenvalue weighted by Gasteiger charge is -2.33. The van der Waals surface area contributed by atoms with Gasteiger partial charge in [0.1, 0.15) is 0 Å². The molecule has 1 N–H and O–H groups in total. The highest BCUT2D eigenvalue weighted by Crippen LogP contribution is 2.29. The van der Waals surface area contributed by atoms with Crippen molar-refractivity contribution < 1.29 is 4.79 Å². The van der Waals surface area contributed by atoms with E-state index in [1.165, 1.54) is 47.9 Å². The maximum absolute atomic E-state index is 13.0. The molecule has 1 amide bonds. The first-order valence-corrected chi connectivity index (χ1v) is 13.2. The normalized spacial score (nSPS) is 18.2. The lowest BCUT2D eigenvalue weighted by atomic mass is 9.95. The fraction of sp³-hybridized carbons (Fsp3) is 0.517. The maximum atomic E-state index is 13.0. The minimum Gasteiger partial charge on any atom is -0.353 e. The van der Waals surface area contributed by atoms with Crippen molar-refractivity contribution in [1.29, 1.82) is 0 Å². The van der Waals surface area contributed by atoms with Gasteiger partial charge in [0.15, 0.2) is 0 Å². The molecule has 180 valence electrons. The number of amides is 1. The maximum Gasteiger partial charge on any atom is 0.223 e. The predicted molar refractivity (Wildman–Crippen MR) is 139 cm³/mol. The van der Waals surface area contributed by atoms with Crippen LogP contribution >= 0.6 is 0 Å². The summed E-state index contributed by atoms with van der Waals surface area (Å²) in [6.07, 6.45) is 9.21. The summed E-state index contributed by atoms with van der Waals surface area (Å²) in [4.78, 5) is 20.4. The largest absolute Gasteiger partial charge is 0.353 e. The molecule has 3 aromatic rings. The van der Waals surface area contributed by atoms with Crippen LogP contribution in [0.2, 0.25) is 0 Å². The molecule has 0 spiro atoms. The summed E-state index contributed by atoms with van der Waals surface area (Å²) in [6, 6.07) is 15.5. The van der Waals surface area contributed by atoms with Crippen LogP contribution in [0.1, 0.15) is 68.1 Å². The predicted octanol–water partition coefficient (Wildman–Crippen LogP) is 5.76. The van der Waals surface area contributed by atoms with E-state index in [0.29, 0.717) is 6.04 Å². The van der Waals surface area contributed by atoms with Gasteiger partial charge >= 0.3 is 0 Å². The molecule has 2 fully saturated rings. The molecule has 0 bridgehead atoms. The second-order valence-corrected chi connectivity index (χ2v) is 10.4. The van der Waals surface area contributed by atoms with E-state index in [1.54, 1.807) is 0 Å². The van der Waals surface area contributed by atoms with Gasteiger partial charge in [0.2, 0.25) is 11.9 Å². The summed E-state index contributed by atoms with van der Waals surface area (Å²) in [5.41, 5.74) is 6.14. The number of aromatic nitrogens is 2. The van der Waals surface area contributed by atoms with Gasteiger partial charge in [-0.2, -0.15) is 0 Å². The molecular formula is C29H38N4O. The van der Waals surface area contributed by atoms with Gasteiger partial charge in [-0.05, 0) is 62.8 Å². The number of piperidine rings is 1. The average molecular weight is 459 g/mol. The highest BCUT2D eigenvalue weighted by atomic mass is 16.1. The fourth-order valence-electron chi connectivity index (χ4n) is 5.69. The van der Waals surface area contributed by atoms with Crippen LogP contribution in [-0.2, 0) is 11.3 Å². The Morgan fingerprint density at radius 2 is 1.71 bits per heavy atom. The second kappa shape index (κ2) is 10.2. The van der Waals surface area contributed by atoms with Gasteiger partial charge in [-0.15, -0.1) is 0 Å². The average Bonchev–Trinajstić information content (AvgIpc) is 3.01. The quantitative estimate of drug-likeness (QED) is 0.495. The Bertz CT molecular complexity index is 1130. The van der Waals surface area contributed by atoms with Crippen LogP contribution in [-0.4, -0.2) is 34.6 Å². The van der Waals surface area contributed by atoms with Gasteiger partial charge in [-0.1, -0.05) is 61.6 Å². The number of hydrogen-bond donors (Lipinski definition) is 1. The third-order valence-corrected chi connectivity index (χ3v) is 7.82. The van der Waals surface area contributed by atoms with Crippen molar-refractivity contribution in [3.8, 4) is 0 Å². The van der Waals surface area contributed by atoms with Crippen LogP contribution in [0.15, 0.2) is 42.5 Å². The number of para-hydroxylation sites is 2. The zero-order valence-electron chi connectivity index (χ0n) is 20.7. The zero-order valence-corrected chi connectivity index (χ0v) is 20.7. The highest BCUT2D eigenvalue weighted by molar-refractivity contribution is 5.80. The molecule has 5 nitrogen and oxygen atoms in total. The minimum absolute atomic E-state index is 0.122. The molecule has 1 saturated heterocycles. The first-order valence-electron chi connectivity index (χ1n) is 13.2. The van der Waals surface area contributed by atoms with Gasteiger partial charge in [0.25, 0.3) is 0 Å². The number of benzene rings is 2. The number of nitrogens with one attached hydrogen (secondary N) is 1. The Morgan fingerprint density at radius 3 is 2.47 bits per heavy atom. The van der Waals surface area contributed by atoms with Crippen molar-refractivity contribution in [3.63, 3.8) is 0 Å². The molecule has 5 rings (SSSR count). The molecule has 0 radical (unpaired) electrons. The van der Waals surface area contributed by atoms with E-state index in [9.17, 15) is 4.79 Å². The van der Waals surface area contributed by atoms with Crippen molar-refractivity contribution in [3.05, 3.63) is 59.2 Å². The van der Waals surface area contributed by atoms with Crippen molar-refractivity contribution in [2.24, 2.45) is 5.92 Å². The van der Waals surface area contributed by atoms with Crippen LogP contribution in [0.25, 0.3) is 11.0 Å². The van der Waals surface area contributed by atoms with E-state index < -0.39 is 0 Å². The number of carbonyl (C=O) groups is 1. The van der Waals surface area contributed by atoms with Crippen LogP contribution in [0, 0.1) is 19.8 Å². The standard InChI is InChI=1S/C29H38N4O/c1-21-13-14-22(2)24(19-21)20-33-27-12-8-7-11-26(27)31-29(33)32-17-15-23(16-18-32)28(34)30-25-9-5-3-4-6-10-25/h7-8,11-14,19,23,25H,3-6,9-10,15-18,20H2,1-2H3,(H,30,34). The lowest BCUT2D eigenvalue weighted by Crippen LogP contribution is -2.44. The molecule has 0 unspecified atom stereocenters. The van der Waals surface area contributed by atoms with Crippen LogP contribution in [0.3, 0.4) is 0 Å². The minimum atomic E-state index is 0.122. The summed E-state index contributed by atoms with van der Waals surface area (Å²) in [5, 5.41) is 3.38. The van der Waals surface area contributed by atoms with Crippen molar-refractivity contribution in [2.75, 3.05) is 18.0 Å². The molecule has 2 heterocycles. The molecule has 1 aromatic heterocycles. The monoisotopic (exact) mass is 458 g/mol. The number of nitrogens with zero attached hydrogens (tertiary/aromatic N) is 3. The molecule has 1 saturated carbocycles. The Hall–Kier alpha value is -2.82. The number of carbonyl (C=O) groups excluding carboxylic acids is 1. The van der Waals surface area contributed by atoms with Gasteiger partial charge in [0, 0.05) is 25.0 Å². The summed E-state index contributed by atoms with van der Waals surface area (Å²) >= 11 is 0. The van der Waals surface area contributed by atoms with E-state index in [4.69, 9.17) is 4.98 Å². The molecule has 2 aromatic carbocycles. The second-order valence-electron chi connectivity index (χ2n) is 10.4. The lowest BCUT2D eigenvalue weighted by molar-refractivity contribution is -0.126. The first-order chi connectivity index (χ1) is 16.6. The third kappa shape index (κ3) is 4.98. The van der Waals surface area contributed by atoms with Gasteiger partial charge < -0.3 is 14.8 Å². The number of aryl methyl sites for hydroxylation is 2. The van der Waals surface area contributed by atoms with Crippen LogP contribution in [0.4, 0.5) is 5.95 Å². The van der Waals surface area contributed by atoms with E-state index in [-0.39, 0.29) is 11.8 Å². The van der Waals surface area contributed by atoms with Crippen molar-refractivity contribution in [2.45, 2.75) is 77.8 Å². The highest BCUT2D eigenvalue weighted by Gasteiger charge is 2.29. The van der Waals surface area contributed by atoms with Gasteiger partial charge in [-0.25, -0.2) is 4.98 Å². The van der Waals surface area contributed by atoms with E-state index in [1.807, 2.05) is 0 Å². The molecule has 1 aliphatic heterocycles. The molecular weight excluding hydrogens is 420 g/mol. The van der Waals surface area contributed by atoms with E-state index >= 15 is 0 Å². The summed E-state index contributed by atoms with van der Waals surface area (Å²) in [6.45, 7) is 6.90. The Balaban J connectivity index is 1.31.